The van der Waals surface area contributed by atoms with Gasteiger partial charge in [-0.2, -0.15) is 0 Å². The minimum absolute atomic E-state index is 0.00492. The van der Waals surface area contributed by atoms with E-state index in [4.69, 9.17) is 0 Å². The number of Topliss-reactive ketones (excluding diaryl/α,β-unsaturated/α-hetero) is 1. The van der Waals surface area contributed by atoms with Gasteiger partial charge in [0.1, 0.15) is 0 Å². The standard InChI is InChI=1S/C18H28N2O2/c1-4-6-7-8-18(22)20-19-16(5-2)13-17(21)15-11-9-14(3)10-12-15/h9-12,16,19H,4-8,13H2,1-3H3,(H,20,22). The Kier molecular flexibility index (Phi) is 8.44. The van der Waals surface area contributed by atoms with Gasteiger partial charge in [-0.3, -0.25) is 15.0 Å². The van der Waals surface area contributed by atoms with Crippen molar-refractivity contribution in [1.29, 1.82) is 0 Å². The average Bonchev–Trinajstić information content (AvgIpc) is 2.52. The molecule has 0 spiro atoms. The van der Waals surface area contributed by atoms with Gasteiger partial charge in [-0.25, -0.2) is 5.43 Å². The molecule has 0 bridgehead atoms. The van der Waals surface area contributed by atoms with Crippen LogP contribution < -0.4 is 10.9 Å². The first-order chi connectivity index (χ1) is 10.6. The van der Waals surface area contributed by atoms with Crippen molar-refractivity contribution in [2.75, 3.05) is 0 Å². The molecule has 22 heavy (non-hydrogen) atoms. The predicted octanol–water partition coefficient (Wildman–Crippen LogP) is 3.55. The molecule has 1 amide bonds. The zero-order valence-electron chi connectivity index (χ0n) is 13.9. The highest BCUT2D eigenvalue weighted by Gasteiger charge is 2.14. The fraction of sp³-hybridized carbons (Fsp3) is 0.556. The fourth-order valence-corrected chi connectivity index (χ4v) is 2.16. The number of hydrazine groups is 1. The maximum Gasteiger partial charge on any atom is 0.234 e. The zero-order valence-corrected chi connectivity index (χ0v) is 13.9. The molecule has 1 rings (SSSR count). The summed E-state index contributed by atoms with van der Waals surface area (Å²) in [7, 11) is 0. The van der Waals surface area contributed by atoms with Crippen LogP contribution >= 0.6 is 0 Å². The highest BCUT2D eigenvalue weighted by molar-refractivity contribution is 5.96. The number of amides is 1. The van der Waals surface area contributed by atoms with Crippen LogP contribution in [0.25, 0.3) is 0 Å². The molecule has 2 N–H and O–H groups in total. The topological polar surface area (TPSA) is 58.2 Å². The Morgan fingerprint density at radius 3 is 2.36 bits per heavy atom. The summed E-state index contributed by atoms with van der Waals surface area (Å²) < 4.78 is 0. The first-order valence-electron chi connectivity index (χ1n) is 8.21. The Balaban J connectivity index is 2.39. The van der Waals surface area contributed by atoms with E-state index in [1.807, 2.05) is 38.1 Å². The summed E-state index contributed by atoms with van der Waals surface area (Å²) >= 11 is 0. The van der Waals surface area contributed by atoms with E-state index in [0.717, 1.165) is 36.8 Å². The lowest BCUT2D eigenvalue weighted by Gasteiger charge is -2.17. The average molecular weight is 304 g/mol. The Labute approximate surface area is 133 Å². The monoisotopic (exact) mass is 304 g/mol. The van der Waals surface area contributed by atoms with Crippen LogP contribution in [0.2, 0.25) is 0 Å². The number of carbonyl (C=O) groups is 2. The van der Waals surface area contributed by atoms with Gasteiger partial charge in [-0.1, -0.05) is 56.5 Å². The Morgan fingerprint density at radius 2 is 1.77 bits per heavy atom. The quantitative estimate of drug-likeness (QED) is 0.395. The number of aryl methyl sites for hydroxylation is 1. The maximum absolute atomic E-state index is 12.2. The van der Waals surface area contributed by atoms with E-state index in [9.17, 15) is 9.59 Å². The van der Waals surface area contributed by atoms with Gasteiger partial charge in [-0.05, 0) is 19.8 Å². The molecule has 122 valence electrons. The van der Waals surface area contributed by atoms with Gasteiger partial charge >= 0.3 is 0 Å². The lowest BCUT2D eigenvalue weighted by atomic mass is 10.0. The second-order valence-corrected chi connectivity index (χ2v) is 5.75. The summed E-state index contributed by atoms with van der Waals surface area (Å²) in [5.41, 5.74) is 7.57. The van der Waals surface area contributed by atoms with E-state index in [-0.39, 0.29) is 17.7 Å². The summed E-state index contributed by atoms with van der Waals surface area (Å²) in [5, 5.41) is 0. The van der Waals surface area contributed by atoms with Gasteiger partial charge in [-0.15, -0.1) is 0 Å². The molecule has 0 heterocycles. The molecule has 0 aliphatic heterocycles. The first kappa shape index (κ1) is 18.4. The predicted molar refractivity (Wildman–Crippen MR) is 89.6 cm³/mol. The fourth-order valence-electron chi connectivity index (χ4n) is 2.16. The Morgan fingerprint density at radius 1 is 1.09 bits per heavy atom. The van der Waals surface area contributed by atoms with E-state index in [1.165, 1.54) is 0 Å². The van der Waals surface area contributed by atoms with E-state index in [2.05, 4.69) is 17.8 Å². The number of unbranched alkanes of at least 4 members (excludes halogenated alkanes) is 2. The van der Waals surface area contributed by atoms with Crippen LogP contribution in [0, 0.1) is 6.92 Å². The minimum atomic E-state index is -0.0380. The van der Waals surface area contributed by atoms with Gasteiger partial charge in [0.25, 0.3) is 0 Å². The molecule has 1 atom stereocenters. The third-order valence-corrected chi connectivity index (χ3v) is 3.72. The van der Waals surface area contributed by atoms with Crippen molar-refractivity contribution in [3.63, 3.8) is 0 Å². The molecule has 0 radical (unpaired) electrons. The number of hydrogen-bond acceptors (Lipinski definition) is 3. The lowest BCUT2D eigenvalue weighted by molar-refractivity contribution is -0.122. The van der Waals surface area contributed by atoms with E-state index in [0.29, 0.717) is 12.8 Å². The van der Waals surface area contributed by atoms with E-state index < -0.39 is 0 Å². The largest absolute Gasteiger partial charge is 0.294 e. The molecule has 0 aliphatic carbocycles. The summed E-state index contributed by atoms with van der Waals surface area (Å²) in [5.74, 6) is 0.0919. The van der Waals surface area contributed by atoms with Gasteiger partial charge < -0.3 is 0 Å². The van der Waals surface area contributed by atoms with Gasteiger partial charge in [0, 0.05) is 24.4 Å². The summed E-state index contributed by atoms with van der Waals surface area (Å²) in [6.45, 7) is 6.11. The number of nitrogens with one attached hydrogen (secondary N) is 2. The number of ketones is 1. The van der Waals surface area contributed by atoms with Crippen LogP contribution in [-0.2, 0) is 4.79 Å². The van der Waals surface area contributed by atoms with Gasteiger partial charge in [0.15, 0.2) is 5.78 Å². The van der Waals surface area contributed by atoms with E-state index in [1.54, 1.807) is 0 Å². The molecule has 0 fully saturated rings. The van der Waals surface area contributed by atoms with Crippen LogP contribution in [-0.4, -0.2) is 17.7 Å². The zero-order chi connectivity index (χ0) is 16.4. The molecular weight excluding hydrogens is 276 g/mol. The van der Waals surface area contributed by atoms with Crippen LogP contribution in [0.4, 0.5) is 0 Å². The number of hydrogen-bond donors (Lipinski definition) is 2. The smallest absolute Gasteiger partial charge is 0.234 e. The number of benzene rings is 1. The van der Waals surface area contributed by atoms with Crippen molar-refractivity contribution in [1.82, 2.24) is 10.9 Å². The van der Waals surface area contributed by atoms with Crippen molar-refractivity contribution in [3.05, 3.63) is 35.4 Å². The van der Waals surface area contributed by atoms with Crippen LogP contribution in [0.5, 0.6) is 0 Å². The third kappa shape index (κ3) is 6.85. The summed E-state index contributed by atoms with van der Waals surface area (Å²) in [6.07, 6.45) is 4.77. The van der Waals surface area contributed by atoms with Crippen molar-refractivity contribution in [3.8, 4) is 0 Å². The molecule has 1 aromatic rings. The molecule has 0 saturated carbocycles. The van der Waals surface area contributed by atoms with Crippen LogP contribution in [0.3, 0.4) is 0 Å². The highest BCUT2D eigenvalue weighted by Crippen LogP contribution is 2.09. The van der Waals surface area contributed by atoms with Crippen LogP contribution in [0.15, 0.2) is 24.3 Å². The van der Waals surface area contributed by atoms with E-state index >= 15 is 0 Å². The Hall–Kier alpha value is -1.68. The first-order valence-corrected chi connectivity index (χ1v) is 8.21. The SMILES string of the molecule is CCCCCC(=O)NNC(CC)CC(=O)c1ccc(C)cc1. The minimum Gasteiger partial charge on any atom is -0.294 e. The lowest BCUT2D eigenvalue weighted by Crippen LogP contribution is -2.44. The molecule has 1 aromatic carbocycles. The van der Waals surface area contributed by atoms with Crippen molar-refractivity contribution in [2.24, 2.45) is 0 Å². The highest BCUT2D eigenvalue weighted by atomic mass is 16.2. The van der Waals surface area contributed by atoms with Crippen molar-refractivity contribution < 1.29 is 9.59 Å². The molecule has 0 saturated heterocycles. The number of carbonyl (C=O) groups excluding carboxylic acids is 2. The second-order valence-electron chi connectivity index (χ2n) is 5.75. The molecule has 4 nitrogen and oxygen atoms in total. The van der Waals surface area contributed by atoms with Crippen LogP contribution in [0.1, 0.15) is 68.3 Å². The molecule has 1 unspecified atom stereocenters. The second kappa shape index (κ2) is 10.1. The summed E-state index contributed by atoms with van der Waals surface area (Å²) in [6, 6.07) is 7.55. The van der Waals surface area contributed by atoms with Crippen molar-refractivity contribution >= 4 is 11.7 Å². The molecular formula is C18H28N2O2. The third-order valence-electron chi connectivity index (χ3n) is 3.72. The summed E-state index contributed by atoms with van der Waals surface area (Å²) in [4.78, 5) is 23.9. The Bertz CT molecular complexity index is 468. The molecule has 0 aromatic heterocycles. The normalized spacial score (nSPS) is 12.0. The molecule has 4 heteroatoms. The van der Waals surface area contributed by atoms with Crippen molar-refractivity contribution in [2.45, 2.75) is 65.3 Å². The number of rotatable bonds is 10. The van der Waals surface area contributed by atoms with Gasteiger partial charge in [0.2, 0.25) is 5.91 Å². The maximum atomic E-state index is 12.2. The van der Waals surface area contributed by atoms with Gasteiger partial charge in [0.05, 0.1) is 0 Å². The molecule has 0 aliphatic rings.